The molecule has 0 aromatic carbocycles. The fourth-order valence-corrected chi connectivity index (χ4v) is 4.88. The number of nitrogens with one attached hydrogen (secondary N) is 1. The van der Waals surface area contributed by atoms with E-state index in [9.17, 15) is 8.42 Å². The molecule has 0 radical (unpaired) electrons. The van der Waals surface area contributed by atoms with Gasteiger partial charge in [0.1, 0.15) is 4.21 Å². The standard InChI is InChI=1S/C12H19NO2S2/c1-3-11-6-7-12(16-11)17(14,15)13-10-5-4-9(2)8-10/h6-7,9-10,13H,3-5,8H2,1-2H3. The van der Waals surface area contributed by atoms with Gasteiger partial charge in [0.25, 0.3) is 0 Å². The van der Waals surface area contributed by atoms with Gasteiger partial charge in [-0.1, -0.05) is 13.8 Å². The molecule has 1 aliphatic carbocycles. The molecule has 2 unspecified atom stereocenters. The van der Waals surface area contributed by atoms with Crippen molar-refractivity contribution in [1.82, 2.24) is 4.72 Å². The fourth-order valence-electron chi connectivity index (χ4n) is 2.28. The summed E-state index contributed by atoms with van der Waals surface area (Å²) in [5.41, 5.74) is 0. The molecule has 0 amide bonds. The average Bonchev–Trinajstić information content (AvgIpc) is 2.86. The number of hydrogen-bond donors (Lipinski definition) is 1. The molecule has 3 nitrogen and oxygen atoms in total. The summed E-state index contributed by atoms with van der Waals surface area (Å²) in [6.07, 6.45) is 3.94. The first-order valence-electron chi connectivity index (χ1n) is 6.12. The average molecular weight is 273 g/mol. The molecule has 96 valence electrons. The molecule has 1 aromatic rings. The Labute approximate surface area is 107 Å². The summed E-state index contributed by atoms with van der Waals surface area (Å²) in [7, 11) is -3.29. The third-order valence-electron chi connectivity index (χ3n) is 3.27. The summed E-state index contributed by atoms with van der Waals surface area (Å²) in [5.74, 6) is 0.636. The summed E-state index contributed by atoms with van der Waals surface area (Å²) >= 11 is 1.37. The van der Waals surface area contributed by atoms with Crippen molar-refractivity contribution in [2.75, 3.05) is 0 Å². The fraction of sp³-hybridized carbons (Fsp3) is 0.667. The van der Waals surface area contributed by atoms with Crippen LogP contribution in [0.4, 0.5) is 0 Å². The van der Waals surface area contributed by atoms with Crippen LogP contribution in [0.15, 0.2) is 16.3 Å². The smallest absolute Gasteiger partial charge is 0.207 e. The third kappa shape index (κ3) is 3.09. The summed E-state index contributed by atoms with van der Waals surface area (Å²) in [5, 5.41) is 0. The lowest BCUT2D eigenvalue weighted by Gasteiger charge is -2.11. The molecule has 2 rings (SSSR count). The van der Waals surface area contributed by atoms with E-state index in [1.807, 2.05) is 13.0 Å². The van der Waals surface area contributed by atoms with Crippen LogP contribution in [-0.2, 0) is 16.4 Å². The Bertz CT molecular complexity index is 478. The van der Waals surface area contributed by atoms with E-state index in [0.29, 0.717) is 10.1 Å². The molecule has 1 heterocycles. The van der Waals surface area contributed by atoms with Crippen molar-refractivity contribution < 1.29 is 8.42 Å². The van der Waals surface area contributed by atoms with Crippen molar-refractivity contribution in [3.05, 3.63) is 17.0 Å². The van der Waals surface area contributed by atoms with E-state index in [1.54, 1.807) is 6.07 Å². The van der Waals surface area contributed by atoms with Gasteiger partial charge in [0, 0.05) is 10.9 Å². The normalized spacial score (nSPS) is 25.3. The first kappa shape index (κ1) is 13.1. The molecule has 0 bridgehead atoms. The van der Waals surface area contributed by atoms with Gasteiger partial charge in [-0.2, -0.15) is 0 Å². The Morgan fingerprint density at radius 2 is 2.18 bits per heavy atom. The maximum atomic E-state index is 12.1. The van der Waals surface area contributed by atoms with Crippen molar-refractivity contribution in [3.63, 3.8) is 0 Å². The van der Waals surface area contributed by atoms with Crippen LogP contribution in [0.5, 0.6) is 0 Å². The van der Waals surface area contributed by atoms with Crippen LogP contribution < -0.4 is 4.72 Å². The highest BCUT2D eigenvalue weighted by Crippen LogP contribution is 2.27. The van der Waals surface area contributed by atoms with Crippen LogP contribution in [0.3, 0.4) is 0 Å². The van der Waals surface area contributed by atoms with E-state index in [4.69, 9.17) is 0 Å². The molecule has 1 aromatic heterocycles. The van der Waals surface area contributed by atoms with Gasteiger partial charge in [-0.25, -0.2) is 13.1 Å². The summed E-state index contributed by atoms with van der Waals surface area (Å²) in [6, 6.07) is 3.74. The van der Waals surface area contributed by atoms with Gasteiger partial charge in [-0.15, -0.1) is 11.3 Å². The number of sulfonamides is 1. The maximum Gasteiger partial charge on any atom is 0.250 e. The van der Waals surface area contributed by atoms with Gasteiger partial charge < -0.3 is 0 Å². The zero-order chi connectivity index (χ0) is 12.5. The molecule has 1 fully saturated rings. The molecule has 1 saturated carbocycles. The zero-order valence-corrected chi connectivity index (χ0v) is 11.9. The van der Waals surface area contributed by atoms with Crippen LogP contribution in [-0.4, -0.2) is 14.5 Å². The minimum absolute atomic E-state index is 0.127. The van der Waals surface area contributed by atoms with Crippen LogP contribution in [0, 0.1) is 5.92 Å². The van der Waals surface area contributed by atoms with Gasteiger partial charge in [0.05, 0.1) is 0 Å². The quantitative estimate of drug-likeness (QED) is 0.917. The van der Waals surface area contributed by atoms with Crippen LogP contribution in [0.25, 0.3) is 0 Å². The SMILES string of the molecule is CCc1ccc(S(=O)(=O)NC2CCC(C)C2)s1. The lowest BCUT2D eigenvalue weighted by molar-refractivity contribution is 0.540. The van der Waals surface area contributed by atoms with Crippen LogP contribution in [0.1, 0.15) is 38.0 Å². The van der Waals surface area contributed by atoms with E-state index in [1.165, 1.54) is 11.3 Å². The Kier molecular flexibility index (Phi) is 3.90. The lowest BCUT2D eigenvalue weighted by atomic mass is 10.1. The highest BCUT2D eigenvalue weighted by Gasteiger charge is 2.27. The van der Waals surface area contributed by atoms with E-state index in [0.717, 1.165) is 30.6 Å². The molecule has 0 aliphatic heterocycles. The second kappa shape index (κ2) is 5.08. The maximum absolute atomic E-state index is 12.1. The number of rotatable bonds is 4. The van der Waals surface area contributed by atoms with Gasteiger partial charge in [0.2, 0.25) is 10.0 Å². The predicted octanol–water partition coefficient (Wildman–Crippen LogP) is 2.78. The van der Waals surface area contributed by atoms with Crippen molar-refractivity contribution in [2.45, 2.75) is 49.8 Å². The predicted molar refractivity (Wildman–Crippen MR) is 70.8 cm³/mol. The molecule has 0 saturated heterocycles. The molecule has 0 spiro atoms. The Morgan fingerprint density at radius 3 is 2.71 bits per heavy atom. The molecule has 1 aliphatic rings. The van der Waals surface area contributed by atoms with Crippen LogP contribution in [0.2, 0.25) is 0 Å². The minimum atomic E-state index is -3.29. The first-order valence-corrected chi connectivity index (χ1v) is 8.42. The molecular weight excluding hydrogens is 254 g/mol. The van der Waals surface area contributed by atoms with E-state index >= 15 is 0 Å². The third-order valence-corrected chi connectivity index (χ3v) is 6.51. The van der Waals surface area contributed by atoms with Crippen molar-refractivity contribution >= 4 is 21.4 Å². The van der Waals surface area contributed by atoms with Gasteiger partial charge in [-0.05, 0) is 43.7 Å². The highest BCUT2D eigenvalue weighted by molar-refractivity contribution is 7.91. The van der Waals surface area contributed by atoms with E-state index in [2.05, 4.69) is 11.6 Å². The highest BCUT2D eigenvalue weighted by atomic mass is 32.2. The first-order chi connectivity index (χ1) is 8.01. The van der Waals surface area contributed by atoms with Crippen molar-refractivity contribution in [3.8, 4) is 0 Å². The number of hydrogen-bond acceptors (Lipinski definition) is 3. The van der Waals surface area contributed by atoms with Crippen LogP contribution >= 0.6 is 11.3 Å². The topological polar surface area (TPSA) is 46.2 Å². The van der Waals surface area contributed by atoms with Crippen molar-refractivity contribution in [1.29, 1.82) is 0 Å². The molecule has 1 N–H and O–H groups in total. The lowest BCUT2D eigenvalue weighted by Crippen LogP contribution is -2.32. The van der Waals surface area contributed by atoms with Gasteiger partial charge in [-0.3, -0.25) is 0 Å². The van der Waals surface area contributed by atoms with Gasteiger partial charge >= 0.3 is 0 Å². The minimum Gasteiger partial charge on any atom is -0.207 e. The van der Waals surface area contributed by atoms with E-state index in [-0.39, 0.29) is 6.04 Å². The number of thiophene rings is 1. The molecule has 2 atom stereocenters. The summed E-state index contributed by atoms with van der Waals surface area (Å²) in [4.78, 5) is 1.12. The zero-order valence-electron chi connectivity index (χ0n) is 10.3. The van der Waals surface area contributed by atoms with Gasteiger partial charge in [0.15, 0.2) is 0 Å². The monoisotopic (exact) mass is 273 g/mol. The molecule has 5 heteroatoms. The summed E-state index contributed by atoms with van der Waals surface area (Å²) in [6.45, 7) is 4.21. The molecular formula is C12H19NO2S2. The van der Waals surface area contributed by atoms with E-state index < -0.39 is 10.0 Å². The largest absolute Gasteiger partial charge is 0.250 e. The Morgan fingerprint density at radius 1 is 1.41 bits per heavy atom. The Balaban J connectivity index is 2.08. The molecule has 17 heavy (non-hydrogen) atoms. The Hall–Kier alpha value is -0.390. The van der Waals surface area contributed by atoms with Crippen molar-refractivity contribution in [2.24, 2.45) is 5.92 Å². The summed E-state index contributed by atoms with van der Waals surface area (Å²) < 4.78 is 27.5. The second-order valence-electron chi connectivity index (χ2n) is 4.81. The second-order valence-corrected chi connectivity index (χ2v) is 7.92. The number of aryl methyl sites for hydroxylation is 1.